The van der Waals surface area contributed by atoms with Crippen molar-refractivity contribution in [1.29, 1.82) is 0 Å². The first-order valence-corrected chi connectivity index (χ1v) is 3.15. The quantitative estimate of drug-likeness (QED) is 0.534. The zero-order chi connectivity index (χ0) is 7.40. The van der Waals surface area contributed by atoms with Crippen molar-refractivity contribution >= 4 is 6.21 Å². The lowest BCUT2D eigenvalue weighted by Gasteiger charge is -2.16. The molecule has 0 aromatic rings. The second-order valence-corrected chi connectivity index (χ2v) is 1.88. The monoisotopic (exact) mass is 134 g/mol. The molecule has 1 rings (SSSR count). The highest BCUT2D eigenvalue weighted by molar-refractivity contribution is 5.79. The molecule has 0 fully saturated rings. The molecule has 0 aromatic carbocycles. The van der Waals surface area contributed by atoms with Crippen LogP contribution in [0.2, 0.25) is 0 Å². The third kappa shape index (κ3) is 1.16. The molecule has 2 heteroatoms. The third-order valence-corrected chi connectivity index (χ3v) is 1.31. The van der Waals surface area contributed by atoms with Crippen molar-refractivity contribution in [2.75, 3.05) is 0 Å². The molecular weight excluding hydrogens is 124 g/mol. The van der Waals surface area contributed by atoms with Crippen LogP contribution in [0.25, 0.3) is 0 Å². The smallest absolute Gasteiger partial charge is 0.0590 e. The van der Waals surface area contributed by atoms with E-state index in [1.165, 1.54) is 0 Å². The first kappa shape index (κ1) is 6.81. The Kier molecular flexibility index (Phi) is 2.05. The number of nitrogens with zero attached hydrogens (tertiary/aromatic N) is 2. The Morgan fingerprint density at radius 3 is 3.00 bits per heavy atom. The normalized spacial score (nSPS) is 20.1. The largest absolute Gasteiger partial charge is 0.322 e. The van der Waals surface area contributed by atoms with Crippen LogP contribution in [-0.2, 0) is 0 Å². The van der Waals surface area contributed by atoms with Crippen LogP contribution in [0, 0.1) is 0 Å². The number of rotatable bonds is 1. The summed E-state index contributed by atoms with van der Waals surface area (Å²) in [5.74, 6) is 0. The van der Waals surface area contributed by atoms with E-state index in [9.17, 15) is 0 Å². The third-order valence-electron chi connectivity index (χ3n) is 1.31. The summed E-state index contributed by atoms with van der Waals surface area (Å²) in [6.45, 7) is 5.62. The maximum absolute atomic E-state index is 3.96. The van der Waals surface area contributed by atoms with Crippen molar-refractivity contribution in [2.24, 2.45) is 4.99 Å². The molecule has 1 aliphatic heterocycles. The number of hydrogen-bond acceptors (Lipinski definition) is 2. The van der Waals surface area contributed by atoms with Gasteiger partial charge in [0, 0.05) is 18.6 Å². The fourth-order valence-electron chi connectivity index (χ4n) is 0.772. The van der Waals surface area contributed by atoms with E-state index in [4.69, 9.17) is 0 Å². The summed E-state index contributed by atoms with van der Waals surface area (Å²) in [4.78, 5) is 5.87. The highest BCUT2D eigenvalue weighted by Crippen LogP contribution is 2.06. The Morgan fingerprint density at radius 1 is 1.70 bits per heavy atom. The summed E-state index contributed by atoms with van der Waals surface area (Å²) in [5.41, 5.74) is 1.05. The number of hydrogen-bond donors (Lipinski definition) is 0. The van der Waals surface area contributed by atoms with E-state index in [2.05, 4.69) is 11.6 Å². The van der Waals surface area contributed by atoms with E-state index >= 15 is 0 Å². The minimum absolute atomic E-state index is 1.05. The zero-order valence-electron chi connectivity index (χ0n) is 5.99. The molecule has 0 amide bonds. The Hall–Kier alpha value is -1.31. The Morgan fingerprint density at radius 2 is 2.50 bits per heavy atom. The molecule has 1 aliphatic rings. The molecule has 0 radical (unpaired) electrons. The second kappa shape index (κ2) is 3.01. The highest BCUT2D eigenvalue weighted by Gasteiger charge is 1.99. The fourth-order valence-corrected chi connectivity index (χ4v) is 0.772. The maximum atomic E-state index is 3.96. The highest BCUT2D eigenvalue weighted by atomic mass is 15.1. The summed E-state index contributed by atoms with van der Waals surface area (Å²) < 4.78 is 0. The molecule has 0 aromatic heterocycles. The minimum Gasteiger partial charge on any atom is -0.322 e. The van der Waals surface area contributed by atoms with Crippen LogP contribution in [0.3, 0.4) is 0 Å². The van der Waals surface area contributed by atoms with Crippen LogP contribution in [0.4, 0.5) is 0 Å². The molecule has 0 N–H and O–H groups in total. The van der Waals surface area contributed by atoms with Crippen LogP contribution in [0.5, 0.6) is 0 Å². The topological polar surface area (TPSA) is 15.6 Å². The average molecular weight is 134 g/mol. The van der Waals surface area contributed by atoms with E-state index in [0.29, 0.717) is 0 Å². The summed E-state index contributed by atoms with van der Waals surface area (Å²) >= 11 is 0. The van der Waals surface area contributed by atoms with Crippen molar-refractivity contribution in [3.63, 3.8) is 0 Å². The lowest BCUT2D eigenvalue weighted by atomic mass is 10.4. The van der Waals surface area contributed by atoms with Gasteiger partial charge in [-0.1, -0.05) is 12.7 Å². The van der Waals surface area contributed by atoms with Gasteiger partial charge in [-0.05, 0) is 6.92 Å². The van der Waals surface area contributed by atoms with Crippen LogP contribution in [0.1, 0.15) is 6.92 Å². The van der Waals surface area contributed by atoms with Gasteiger partial charge in [0.15, 0.2) is 0 Å². The molecule has 10 heavy (non-hydrogen) atoms. The summed E-state index contributed by atoms with van der Waals surface area (Å²) in [6.07, 6.45) is 9.12. The van der Waals surface area contributed by atoms with Crippen molar-refractivity contribution in [3.8, 4) is 0 Å². The average Bonchev–Trinajstić information content (AvgIpc) is 2.04. The predicted molar refractivity (Wildman–Crippen MR) is 43.4 cm³/mol. The van der Waals surface area contributed by atoms with Gasteiger partial charge in [0.25, 0.3) is 0 Å². The van der Waals surface area contributed by atoms with E-state index in [1.54, 1.807) is 18.6 Å². The number of allylic oxidation sites excluding steroid dienone is 2. The minimum atomic E-state index is 1.05. The first-order chi connectivity index (χ1) is 4.88. The van der Waals surface area contributed by atoms with Gasteiger partial charge in [0.05, 0.1) is 11.9 Å². The summed E-state index contributed by atoms with van der Waals surface area (Å²) in [5, 5.41) is 0. The molecule has 1 heterocycles. The van der Waals surface area contributed by atoms with Crippen LogP contribution < -0.4 is 0 Å². The van der Waals surface area contributed by atoms with Gasteiger partial charge < -0.3 is 4.90 Å². The van der Waals surface area contributed by atoms with E-state index in [0.717, 1.165) is 5.70 Å². The molecule has 52 valence electrons. The van der Waals surface area contributed by atoms with E-state index in [-0.39, 0.29) is 0 Å². The molecule has 0 atom stereocenters. The Bertz CT molecular complexity index is 211. The zero-order valence-corrected chi connectivity index (χ0v) is 5.99. The molecule has 0 saturated heterocycles. The van der Waals surface area contributed by atoms with Gasteiger partial charge in [-0.15, -0.1) is 0 Å². The van der Waals surface area contributed by atoms with Crippen molar-refractivity contribution < 1.29 is 0 Å². The van der Waals surface area contributed by atoms with Crippen LogP contribution in [0.15, 0.2) is 41.9 Å². The molecule has 0 spiro atoms. The predicted octanol–water partition coefficient (Wildman–Crippen LogP) is 1.89. The Labute approximate surface area is 60.9 Å². The van der Waals surface area contributed by atoms with Gasteiger partial charge >= 0.3 is 0 Å². The lowest BCUT2D eigenvalue weighted by molar-refractivity contribution is 0.658. The first-order valence-electron chi connectivity index (χ1n) is 3.15. The van der Waals surface area contributed by atoms with E-state index < -0.39 is 0 Å². The maximum Gasteiger partial charge on any atom is 0.0590 e. The van der Waals surface area contributed by atoms with Gasteiger partial charge in [0.1, 0.15) is 0 Å². The van der Waals surface area contributed by atoms with Gasteiger partial charge in [-0.25, -0.2) is 0 Å². The second-order valence-electron chi connectivity index (χ2n) is 1.88. The summed E-state index contributed by atoms with van der Waals surface area (Å²) in [6, 6.07) is 0. The molecule has 0 unspecified atom stereocenters. The van der Waals surface area contributed by atoms with Crippen molar-refractivity contribution in [2.45, 2.75) is 6.92 Å². The number of aliphatic imine (C=N–C) groups is 1. The molecule has 0 aliphatic carbocycles. The van der Waals surface area contributed by atoms with Gasteiger partial charge in [-0.2, -0.15) is 0 Å². The molecule has 0 saturated carbocycles. The van der Waals surface area contributed by atoms with Gasteiger partial charge in [-0.3, -0.25) is 4.99 Å². The van der Waals surface area contributed by atoms with Gasteiger partial charge in [0.2, 0.25) is 0 Å². The Balaban J connectivity index is 2.83. The molecule has 0 bridgehead atoms. The summed E-state index contributed by atoms with van der Waals surface area (Å²) in [7, 11) is 0. The lowest BCUT2D eigenvalue weighted by Crippen LogP contribution is -2.11. The van der Waals surface area contributed by atoms with E-state index in [1.807, 2.05) is 24.1 Å². The SMILES string of the molecule is C=CN1C=CN=C/C1=C/C. The van der Waals surface area contributed by atoms with Crippen molar-refractivity contribution in [1.82, 2.24) is 4.90 Å². The molecule has 2 nitrogen and oxygen atoms in total. The van der Waals surface area contributed by atoms with Crippen LogP contribution >= 0.6 is 0 Å². The molecular formula is C8H10N2. The fraction of sp³-hybridized carbons (Fsp3) is 0.125. The standard InChI is InChI=1S/C8H10N2/c1-3-8-7-9-5-6-10(8)4-2/h3-7H,2H2,1H3/b8-3-. The van der Waals surface area contributed by atoms with Crippen LogP contribution in [-0.4, -0.2) is 11.1 Å². The van der Waals surface area contributed by atoms with Crippen molar-refractivity contribution in [3.05, 3.63) is 37.0 Å².